The molecule has 0 spiro atoms. The molecule has 4 nitrogen and oxygen atoms in total. The van der Waals surface area contributed by atoms with E-state index in [0.717, 1.165) is 4.90 Å². The lowest BCUT2D eigenvalue weighted by Gasteiger charge is -2.29. The quantitative estimate of drug-likeness (QED) is 0.632. The highest BCUT2D eigenvalue weighted by molar-refractivity contribution is 7.99. The van der Waals surface area contributed by atoms with Gasteiger partial charge in [-0.2, -0.15) is 0 Å². The molecule has 5 heteroatoms. The van der Waals surface area contributed by atoms with Crippen molar-refractivity contribution in [2.75, 3.05) is 12.9 Å². The number of nitrogens with one attached hydrogen (secondary N) is 1. The van der Waals surface area contributed by atoms with Crippen molar-refractivity contribution >= 4 is 17.7 Å². The van der Waals surface area contributed by atoms with E-state index in [1.165, 1.54) is 7.11 Å². The molecule has 1 aromatic heterocycles. The van der Waals surface area contributed by atoms with Crippen LogP contribution in [0.25, 0.3) is 0 Å². The molecule has 0 aromatic carbocycles. The Morgan fingerprint density at radius 3 is 2.61 bits per heavy atom. The average molecular weight is 268 g/mol. The van der Waals surface area contributed by atoms with E-state index in [1.54, 1.807) is 24.2 Å². The summed E-state index contributed by atoms with van der Waals surface area (Å²) in [5, 5.41) is 3.27. The van der Waals surface area contributed by atoms with E-state index in [1.807, 2.05) is 32.9 Å². The van der Waals surface area contributed by atoms with Crippen LogP contribution in [0.1, 0.15) is 20.8 Å². The molecule has 1 rings (SSSR count). The maximum Gasteiger partial charge on any atom is 0.326 e. The van der Waals surface area contributed by atoms with E-state index < -0.39 is 5.54 Å². The van der Waals surface area contributed by atoms with E-state index in [-0.39, 0.29) is 12.0 Å². The van der Waals surface area contributed by atoms with Crippen molar-refractivity contribution < 1.29 is 9.53 Å². The normalized spacial score (nSPS) is 14.3. The highest BCUT2D eigenvalue weighted by atomic mass is 32.2. The molecule has 18 heavy (non-hydrogen) atoms. The molecule has 0 saturated carbocycles. The Labute approximate surface area is 113 Å². The molecule has 0 bridgehead atoms. The Hall–Kier alpha value is -1.07. The van der Waals surface area contributed by atoms with Crippen LogP contribution in [0.2, 0.25) is 0 Å². The van der Waals surface area contributed by atoms with Gasteiger partial charge in [0.05, 0.1) is 7.11 Å². The first-order chi connectivity index (χ1) is 8.48. The SMILES string of the molecule is COC(=O)C(C)(CSc1ccncc1)NC(C)C. The van der Waals surface area contributed by atoms with Gasteiger partial charge in [-0.25, -0.2) is 0 Å². The molecule has 1 N–H and O–H groups in total. The van der Waals surface area contributed by atoms with Gasteiger partial charge in [0.25, 0.3) is 0 Å². The van der Waals surface area contributed by atoms with Crippen molar-refractivity contribution in [1.29, 1.82) is 0 Å². The van der Waals surface area contributed by atoms with Gasteiger partial charge in [0.2, 0.25) is 0 Å². The van der Waals surface area contributed by atoms with Crippen LogP contribution in [0.15, 0.2) is 29.4 Å². The van der Waals surface area contributed by atoms with E-state index in [9.17, 15) is 4.79 Å². The zero-order valence-electron chi connectivity index (χ0n) is 11.3. The van der Waals surface area contributed by atoms with Crippen molar-refractivity contribution in [3.05, 3.63) is 24.5 Å². The smallest absolute Gasteiger partial charge is 0.326 e. The van der Waals surface area contributed by atoms with Gasteiger partial charge in [0.15, 0.2) is 0 Å². The molecular formula is C13H20N2O2S. The minimum Gasteiger partial charge on any atom is -0.468 e. The Morgan fingerprint density at radius 2 is 2.11 bits per heavy atom. The summed E-state index contributed by atoms with van der Waals surface area (Å²) in [7, 11) is 1.42. The van der Waals surface area contributed by atoms with Crippen LogP contribution in [0.3, 0.4) is 0 Å². The number of carbonyl (C=O) groups is 1. The predicted octanol–water partition coefficient (Wildman–Crippen LogP) is 2.10. The third-order valence-electron chi connectivity index (χ3n) is 2.42. The molecule has 0 saturated heterocycles. The van der Waals surface area contributed by atoms with Gasteiger partial charge < -0.3 is 4.74 Å². The van der Waals surface area contributed by atoms with E-state index in [0.29, 0.717) is 5.75 Å². The van der Waals surface area contributed by atoms with E-state index in [4.69, 9.17) is 4.74 Å². The Kier molecular flexibility index (Phi) is 5.62. The van der Waals surface area contributed by atoms with Crippen molar-refractivity contribution in [3.8, 4) is 0 Å². The Morgan fingerprint density at radius 1 is 1.50 bits per heavy atom. The summed E-state index contributed by atoms with van der Waals surface area (Å²) in [6.07, 6.45) is 3.49. The van der Waals surface area contributed by atoms with Crippen LogP contribution in [0.5, 0.6) is 0 Å². The number of methoxy groups -OCH3 is 1. The maximum absolute atomic E-state index is 11.9. The second-order valence-electron chi connectivity index (χ2n) is 4.59. The van der Waals surface area contributed by atoms with Crippen LogP contribution < -0.4 is 5.32 Å². The third-order valence-corrected chi connectivity index (χ3v) is 3.75. The van der Waals surface area contributed by atoms with Crippen molar-refractivity contribution in [2.45, 2.75) is 37.2 Å². The number of nitrogens with zero attached hydrogens (tertiary/aromatic N) is 1. The van der Waals surface area contributed by atoms with Gasteiger partial charge in [-0.3, -0.25) is 15.1 Å². The van der Waals surface area contributed by atoms with Gasteiger partial charge >= 0.3 is 5.97 Å². The van der Waals surface area contributed by atoms with E-state index in [2.05, 4.69) is 10.3 Å². The Bertz CT molecular complexity index is 384. The summed E-state index contributed by atoms with van der Waals surface area (Å²) in [6.45, 7) is 5.89. The van der Waals surface area contributed by atoms with Crippen molar-refractivity contribution in [3.63, 3.8) is 0 Å². The molecule has 1 aromatic rings. The summed E-state index contributed by atoms with van der Waals surface area (Å²) >= 11 is 1.61. The van der Waals surface area contributed by atoms with Crippen molar-refractivity contribution in [2.24, 2.45) is 0 Å². The minimum atomic E-state index is -0.684. The van der Waals surface area contributed by atoms with Gasteiger partial charge in [-0.1, -0.05) is 0 Å². The lowest BCUT2D eigenvalue weighted by molar-refractivity contribution is -0.147. The van der Waals surface area contributed by atoms with Crippen LogP contribution >= 0.6 is 11.8 Å². The molecule has 0 aliphatic carbocycles. The maximum atomic E-state index is 11.9. The second-order valence-corrected chi connectivity index (χ2v) is 5.64. The summed E-state index contributed by atoms with van der Waals surface area (Å²) in [4.78, 5) is 16.9. The van der Waals surface area contributed by atoms with Crippen LogP contribution in [0, 0.1) is 0 Å². The largest absolute Gasteiger partial charge is 0.468 e. The zero-order valence-corrected chi connectivity index (χ0v) is 12.1. The number of carbonyl (C=O) groups excluding carboxylic acids is 1. The van der Waals surface area contributed by atoms with Crippen LogP contribution in [0.4, 0.5) is 0 Å². The zero-order chi connectivity index (χ0) is 13.6. The number of aromatic nitrogens is 1. The molecule has 0 fully saturated rings. The molecule has 1 unspecified atom stereocenters. The topological polar surface area (TPSA) is 51.2 Å². The van der Waals surface area contributed by atoms with Gasteiger partial charge in [0, 0.05) is 29.1 Å². The van der Waals surface area contributed by atoms with Crippen LogP contribution in [-0.4, -0.2) is 35.4 Å². The minimum absolute atomic E-state index is 0.215. The number of hydrogen-bond acceptors (Lipinski definition) is 5. The first kappa shape index (κ1) is 15.0. The number of ether oxygens (including phenoxy) is 1. The highest BCUT2D eigenvalue weighted by Gasteiger charge is 2.34. The van der Waals surface area contributed by atoms with Gasteiger partial charge in [0.1, 0.15) is 5.54 Å². The highest BCUT2D eigenvalue weighted by Crippen LogP contribution is 2.23. The summed E-state index contributed by atoms with van der Waals surface area (Å²) < 4.78 is 4.88. The fraction of sp³-hybridized carbons (Fsp3) is 0.538. The Balaban J connectivity index is 2.70. The molecule has 1 atom stereocenters. The summed E-state index contributed by atoms with van der Waals surface area (Å²) in [6, 6.07) is 4.07. The first-order valence-corrected chi connectivity index (χ1v) is 6.85. The predicted molar refractivity (Wildman–Crippen MR) is 73.7 cm³/mol. The second kappa shape index (κ2) is 6.75. The summed E-state index contributed by atoms with van der Waals surface area (Å²) in [5.41, 5.74) is -0.684. The number of rotatable bonds is 6. The monoisotopic (exact) mass is 268 g/mol. The lowest BCUT2D eigenvalue weighted by Crippen LogP contribution is -2.54. The van der Waals surface area contributed by atoms with Gasteiger partial charge in [-0.05, 0) is 32.9 Å². The fourth-order valence-corrected chi connectivity index (χ4v) is 2.65. The van der Waals surface area contributed by atoms with Gasteiger partial charge in [-0.15, -0.1) is 11.8 Å². The number of thioether (sulfide) groups is 1. The molecule has 0 amide bonds. The summed E-state index contributed by atoms with van der Waals surface area (Å²) in [5.74, 6) is 0.375. The third kappa shape index (κ3) is 4.31. The average Bonchev–Trinajstić information content (AvgIpc) is 2.36. The number of esters is 1. The molecule has 0 aliphatic heterocycles. The van der Waals surface area contributed by atoms with Crippen LogP contribution in [-0.2, 0) is 9.53 Å². The fourth-order valence-electron chi connectivity index (χ4n) is 1.68. The van der Waals surface area contributed by atoms with E-state index >= 15 is 0 Å². The molecule has 0 radical (unpaired) electrons. The molecular weight excluding hydrogens is 248 g/mol. The molecule has 1 heterocycles. The lowest BCUT2D eigenvalue weighted by atomic mass is 10.0. The molecule has 100 valence electrons. The number of hydrogen-bond donors (Lipinski definition) is 1. The van der Waals surface area contributed by atoms with Crippen molar-refractivity contribution in [1.82, 2.24) is 10.3 Å². The molecule has 0 aliphatic rings. The standard InChI is InChI=1S/C13H20N2O2S/c1-10(2)15-13(3,12(16)17-4)9-18-11-5-7-14-8-6-11/h5-8,10,15H,9H2,1-4H3. The first-order valence-electron chi connectivity index (χ1n) is 5.87. The number of pyridine rings is 1.